The number of carbonyl (C=O) groups excluding carboxylic acids is 1. The van der Waals surface area contributed by atoms with E-state index in [0.717, 1.165) is 31.0 Å². The van der Waals surface area contributed by atoms with Crippen molar-refractivity contribution in [3.63, 3.8) is 0 Å². The molecule has 0 aromatic carbocycles. The topological polar surface area (TPSA) is 59.2 Å². The van der Waals surface area contributed by atoms with Crippen molar-refractivity contribution in [2.24, 2.45) is 5.73 Å². The van der Waals surface area contributed by atoms with Crippen LogP contribution in [0.2, 0.25) is 0 Å². The monoisotopic (exact) mass is 281 g/mol. The van der Waals surface area contributed by atoms with Gasteiger partial charge in [-0.15, -0.1) is 0 Å². The highest BCUT2D eigenvalue weighted by Crippen LogP contribution is 2.12. The molecule has 1 fully saturated rings. The summed E-state index contributed by atoms with van der Waals surface area (Å²) in [6.45, 7) is 1.60. The Morgan fingerprint density at radius 3 is 2.89 bits per heavy atom. The van der Waals surface area contributed by atoms with E-state index in [1.54, 1.807) is 18.3 Å². The summed E-state index contributed by atoms with van der Waals surface area (Å²) in [6, 6.07) is 3.43. The standard InChI is InChI=1S/C12H15N3OS2/c13-11(17)9-2-3-10(14-8-9)12(16)15-4-1-6-18-7-5-15/h2-3,8H,1,4-7H2,(H2,13,17). The average Bonchev–Trinajstić information content (AvgIpc) is 2.67. The van der Waals surface area contributed by atoms with E-state index >= 15 is 0 Å². The van der Waals surface area contributed by atoms with Gasteiger partial charge in [0.25, 0.3) is 5.91 Å². The van der Waals surface area contributed by atoms with Gasteiger partial charge in [0.1, 0.15) is 10.7 Å². The molecule has 0 spiro atoms. The smallest absolute Gasteiger partial charge is 0.272 e. The molecule has 2 heterocycles. The second kappa shape index (κ2) is 6.15. The molecule has 96 valence electrons. The van der Waals surface area contributed by atoms with E-state index in [1.807, 2.05) is 16.7 Å². The summed E-state index contributed by atoms with van der Waals surface area (Å²) in [5, 5.41) is 0. The van der Waals surface area contributed by atoms with E-state index in [2.05, 4.69) is 4.98 Å². The molecular weight excluding hydrogens is 266 g/mol. The van der Waals surface area contributed by atoms with Gasteiger partial charge in [-0.05, 0) is 24.3 Å². The van der Waals surface area contributed by atoms with Gasteiger partial charge in [0, 0.05) is 30.6 Å². The molecule has 18 heavy (non-hydrogen) atoms. The molecule has 1 amide bonds. The van der Waals surface area contributed by atoms with Crippen LogP contribution in [0.4, 0.5) is 0 Å². The molecule has 0 unspecified atom stereocenters. The van der Waals surface area contributed by atoms with Crippen LogP contribution in [-0.4, -0.2) is 45.4 Å². The van der Waals surface area contributed by atoms with Gasteiger partial charge in [-0.2, -0.15) is 11.8 Å². The van der Waals surface area contributed by atoms with Crippen molar-refractivity contribution in [2.75, 3.05) is 24.6 Å². The normalized spacial score (nSPS) is 16.1. The van der Waals surface area contributed by atoms with Gasteiger partial charge >= 0.3 is 0 Å². The van der Waals surface area contributed by atoms with Crippen LogP contribution < -0.4 is 5.73 Å². The SMILES string of the molecule is NC(=S)c1ccc(C(=O)N2CCCSCC2)nc1. The molecule has 4 nitrogen and oxygen atoms in total. The minimum absolute atomic E-state index is 0.00742. The minimum Gasteiger partial charge on any atom is -0.389 e. The highest BCUT2D eigenvalue weighted by Gasteiger charge is 2.18. The Bertz CT molecular complexity index is 439. The lowest BCUT2D eigenvalue weighted by Crippen LogP contribution is -2.33. The van der Waals surface area contributed by atoms with Crippen molar-refractivity contribution >= 4 is 34.9 Å². The van der Waals surface area contributed by atoms with Crippen molar-refractivity contribution in [1.29, 1.82) is 0 Å². The highest BCUT2D eigenvalue weighted by molar-refractivity contribution is 7.99. The van der Waals surface area contributed by atoms with Crippen LogP contribution in [0.5, 0.6) is 0 Å². The molecule has 2 N–H and O–H groups in total. The van der Waals surface area contributed by atoms with Gasteiger partial charge in [0.05, 0.1) is 0 Å². The van der Waals surface area contributed by atoms with Crippen LogP contribution >= 0.6 is 24.0 Å². The van der Waals surface area contributed by atoms with Gasteiger partial charge in [-0.1, -0.05) is 12.2 Å². The lowest BCUT2D eigenvalue weighted by Gasteiger charge is -2.19. The lowest BCUT2D eigenvalue weighted by atomic mass is 10.2. The van der Waals surface area contributed by atoms with Gasteiger partial charge in [0.2, 0.25) is 0 Å². The zero-order valence-electron chi connectivity index (χ0n) is 9.96. The molecule has 0 saturated carbocycles. The number of pyridine rings is 1. The maximum absolute atomic E-state index is 12.2. The molecule has 0 bridgehead atoms. The van der Waals surface area contributed by atoms with E-state index in [0.29, 0.717) is 16.2 Å². The minimum atomic E-state index is -0.00742. The van der Waals surface area contributed by atoms with Gasteiger partial charge in [-0.25, -0.2) is 0 Å². The Morgan fingerprint density at radius 1 is 1.39 bits per heavy atom. The van der Waals surface area contributed by atoms with Gasteiger partial charge in [0.15, 0.2) is 0 Å². The number of rotatable bonds is 2. The third-order valence-corrected chi connectivity index (χ3v) is 4.06. The first-order valence-corrected chi connectivity index (χ1v) is 7.37. The Hall–Kier alpha value is -1.14. The zero-order chi connectivity index (χ0) is 13.0. The first-order chi connectivity index (χ1) is 8.68. The predicted molar refractivity (Wildman–Crippen MR) is 78.0 cm³/mol. The van der Waals surface area contributed by atoms with E-state index in [-0.39, 0.29) is 5.91 Å². The second-order valence-corrected chi connectivity index (χ2v) is 5.72. The summed E-state index contributed by atoms with van der Waals surface area (Å²) >= 11 is 6.74. The summed E-state index contributed by atoms with van der Waals surface area (Å²) in [6.07, 6.45) is 2.60. The maximum Gasteiger partial charge on any atom is 0.272 e. The Balaban J connectivity index is 2.10. The third-order valence-electron chi connectivity index (χ3n) is 2.78. The Labute approximate surface area is 116 Å². The number of amides is 1. The fourth-order valence-electron chi connectivity index (χ4n) is 1.78. The molecule has 2 rings (SSSR count). The molecule has 1 saturated heterocycles. The summed E-state index contributed by atoms with van der Waals surface area (Å²) in [7, 11) is 0. The van der Waals surface area contributed by atoms with Crippen LogP contribution in [0.15, 0.2) is 18.3 Å². The predicted octanol–water partition coefficient (Wildman–Crippen LogP) is 1.29. The number of nitrogens with two attached hydrogens (primary N) is 1. The fraction of sp³-hybridized carbons (Fsp3) is 0.417. The molecule has 1 aliphatic rings. The van der Waals surface area contributed by atoms with E-state index < -0.39 is 0 Å². The number of thioether (sulfide) groups is 1. The number of aromatic nitrogens is 1. The van der Waals surface area contributed by atoms with Crippen molar-refractivity contribution in [3.05, 3.63) is 29.6 Å². The third kappa shape index (κ3) is 3.20. The lowest BCUT2D eigenvalue weighted by molar-refractivity contribution is 0.0762. The number of hydrogen-bond acceptors (Lipinski definition) is 4. The van der Waals surface area contributed by atoms with E-state index in [1.165, 1.54) is 0 Å². The Morgan fingerprint density at radius 2 is 2.22 bits per heavy atom. The molecule has 1 aromatic rings. The van der Waals surface area contributed by atoms with Crippen molar-refractivity contribution < 1.29 is 4.79 Å². The summed E-state index contributed by atoms with van der Waals surface area (Å²) in [5.74, 6) is 2.11. The largest absolute Gasteiger partial charge is 0.389 e. The fourth-order valence-corrected chi connectivity index (χ4v) is 2.78. The van der Waals surface area contributed by atoms with Gasteiger partial charge in [-0.3, -0.25) is 9.78 Å². The number of nitrogens with zero attached hydrogens (tertiary/aromatic N) is 2. The second-order valence-electron chi connectivity index (χ2n) is 4.05. The van der Waals surface area contributed by atoms with Crippen molar-refractivity contribution in [1.82, 2.24) is 9.88 Å². The van der Waals surface area contributed by atoms with Gasteiger partial charge < -0.3 is 10.6 Å². The van der Waals surface area contributed by atoms with Crippen molar-refractivity contribution in [3.8, 4) is 0 Å². The molecule has 0 atom stereocenters. The van der Waals surface area contributed by atoms with Crippen LogP contribution in [0.1, 0.15) is 22.5 Å². The molecule has 0 aliphatic carbocycles. The number of thiocarbonyl (C=S) groups is 1. The number of carbonyl (C=O) groups is 1. The highest BCUT2D eigenvalue weighted by atomic mass is 32.2. The van der Waals surface area contributed by atoms with Crippen LogP contribution in [0.25, 0.3) is 0 Å². The molecule has 1 aliphatic heterocycles. The van der Waals surface area contributed by atoms with E-state index in [4.69, 9.17) is 18.0 Å². The average molecular weight is 281 g/mol. The Kier molecular flexibility index (Phi) is 4.54. The van der Waals surface area contributed by atoms with Crippen LogP contribution in [0, 0.1) is 0 Å². The van der Waals surface area contributed by atoms with Crippen LogP contribution in [0.3, 0.4) is 0 Å². The maximum atomic E-state index is 12.2. The van der Waals surface area contributed by atoms with Crippen LogP contribution in [-0.2, 0) is 0 Å². The summed E-state index contributed by atoms with van der Waals surface area (Å²) < 4.78 is 0. The molecule has 1 aromatic heterocycles. The van der Waals surface area contributed by atoms with E-state index in [9.17, 15) is 4.79 Å². The quantitative estimate of drug-likeness (QED) is 0.828. The number of hydrogen-bond donors (Lipinski definition) is 1. The molecular formula is C12H15N3OS2. The molecule has 6 heteroatoms. The first-order valence-electron chi connectivity index (χ1n) is 5.81. The summed E-state index contributed by atoms with van der Waals surface area (Å²) in [5.41, 5.74) is 6.64. The summed E-state index contributed by atoms with van der Waals surface area (Å²) in [4.78, 5) is 18.5. The van der Waals surface area contributed by atoms with Crippen molar-refractivity contribution in [2.45, 2.75) is 6.42 Å². The molecule has 0 radical (unpaired) electrons. The zero-order valence-corrected chi connectivity index (χ0v) is 11.6. The first kappa shape index (κ1) is 13.3.